The van der Waals surface area contributed by atoms with Gasteiger partial charge in [0.15, 0.2) is 0 Å². The van der Waals surface area contributed by atoms with Crippen molar-refractivity contribution in [3.63, 3.8) is 0 Å². The Balaban J connectivity index is 2.17. The maximum Gasteiger partial charge on any atom is 0.147 e. The summed E-state index contributed by atoms with van der Waals surface area (Å²) in [5.74, 6) is -1.84. The van der Waals surface area contributed by atoms with Crippen LogP contribution in [-0.2, 0) is 6.54 Å². The van der Waals surface area contributed by atoms with E-state index >= 15 is 0 Å². The van der Waals surface area contributed by atoms with Gasteiger partial charge in [0.25, 0.3) is 0 Å². The average Bonchev–Trinajstić information content (AvgIpc) is 2.42. The number of nitriles is 1. The maximum absolute atomic E-state index is 13.6. The normalized spacial score (nSPS) is 10.2. The van der Waals surface area contributed by atoms with Crippen molar-refractivity contribution in [2.24, 2.45) is 0 Å². The Hall–Kier alpha value is -2.00. The van der Waals surface area contributed by atoms with Crippen LogP contribution in [0.2, 0.25) is 0 Å². The standard InChI is InChI=1S/C14H8BrF3N2/c15-10-4-13(18)14(5-12(10)17)20-7-9-2-1-8(6-19)3-11(9)16/h1-5,20H,7H2. The smallest absolute Gasteiger partial charge is 0.147 e. The van der Waals surface area contributed by atoms with E-state index in [2.05, 4.69) is 21.2 Å². The molecule has 1 N–H and O–H groups in total. The van der Waals surface area contributed by atoms with Crippen molar-refractivity contribution in [1.29, 1.82) is 5.26 Å². The lowest BCUT2D eigenvalue weighted by atomic mass is 10.1. The highest BCUT2D eigenvalue weighted by atomic mass is 79.9. The second-order valence-corrected chi connectivity index (χ2v) is 4.87. The number of rotatable bonds is 3. The molecule has 0 amide bonds. The van der Waals surface area contributed by atoms with Crippen molar-refractivity contribution >= 4 is 21.6 Å². The molecule has 0 heterocycles. The van der Waals surface area contributed by atoms with Gasteiger partial charge in [-0.1, -0.05) is 6.07 Å². The summed E-state index contributed by atoms with van der Waals surface area (Å²) in [5, 5.41) is 11.2. The highest BCUT2D eigenvalue weighted by Crippen LogP contribution is 2.24. The third-order valence-corrected chi connectivity index (χ3v) is 3.27. The van der Waals surface area contributed by atoms with E-state index in [-0.39, 0.29) is 27.8 Å². The zero-order valence-electron chi connectivity index (χ0n) is 10.1. The van der Waals surface area contributed by atoms with Gasteiger partial charge in [-0.25, -0.2) is 13.2 Å². The first-order chi connectivity index (χ1) is 9.51. The number of hydrogen-bond donors (Lipinski definition) is 1. The molecule has 2 aromatic rings. The van der Waals surface area contributed by atoms with Crippen molar-refractivity contribution in [3.05, 3.63) is 63.4 Å². The zero-order valence-corrected chi connectivity index (χ0v) is 11.6. The van der Waals surface area contributed by atoms with Crippen molar-refractivity contribution < 1.29 is 13.2 Å². The Labute approximate surface area is 122 Å². The van der Waals surface area contributed by atoms with Gasteiger partial charge < -0.3 is 5.32 Å². The number of anilines is 1. The molecule has 0 aliphatic heterocycles. The molecule has 0 radical (unpaired) electrons. The van der Waals surface area contributed by atoms with Crippen molar-refractivity contribution in [3.8, 4) is 6.07 Å². The largest absolute Gasteiger partial charge is 0.378 e. The van der Waals surface area contributed by atoms with Gasteiger partial charge in [-0.05, 0) is 34.1 Å². The van der Waals surface area contributed by atoms with E-state index in [0.29, 0.717) is 0 Å². The summed E-state index contributed by atoms with van der Waals surface area (Å²) >= 11 is 2.87. The second kappa shape index (κ2) is 5.97. The van der Waals surface area contributed by atoms with E-state index in [1.807, 2.05) is 6.07 Å². The lowest BCUT2D eigenvalue weighted by molar-refractivity contribution is 0.594. The Morgan fingerprint density at radius 3 is 2.45 bits per heavy atom. The van der Waals surface area contributed by atoms with E-state index in [0.717, 1.165) is 18.2 Å². The first kappa shape index (κ1) is 14.4. The lowest BCUT2D eigenvalue weighted by Gasteiger charge is -2.09. The molecule has 2 nitrogen and oxygen atoms in total. The number of hydrogen-bond acceptors (Lipinski definition) is 2. The molecule has 0 saturated heterocycles. The molecule has 0 aliphatic rings. The Morgan fingerprint density at radius 2 is 1.80 bits per heavy atom. The van der Waals surface area contributed by atoms with Gasteiger partial charge >= 0.3 is 0 Å². The minimum Gasteiger partial charge on any atom is -0.378 e. The first-order valence-electron chi connectivity index (χ1n) is 5.58. The Morgan fingerprint density at radius 1 is 1.05 bits per heavy atom. The quantitative estimate of drug-likeness (QED) is 0.843. The van der Waals surface area contributed by atoms with Crippen LogP contribution in [-0.4, -0.2) is 0 Å². The van der Waals surface area contributed by atoms with E-state index in [4.69, 9.17) is 5.26 Å². The molecule has 0 aromatic heterocycles. The van der Waals surface area contributed by atoms with Crippen LogP contribution in [0.1, 0.15) is 11.1 Å². The number of nitrogens with zero attached hydrogens (tertiary/aromatic N) is 1. The molecule has 20 heavy (non-hydrogen) atoms. The van der Waals surface area contributed by atoms with E-state index < -0.39 is 17.5 Å². The summed E-state index contributed by atoms with van der Waals surface area (Å²) in [4.78, 5) is 0. The molecular weight excluding hydrogens is 333 g/mol. The molecule has 0 fully saturated rings. The fourth-order valence-electron chi connectivity index (χ4n) is 1.61. The van der Waals surface area contributed by atoms with E-state index in [1.165, 1.54) is 12.1 Å². The third-order valence-electron chi connectivity index (χ3n) is 2.66. The molecular formula is C14H8BrF3N2. The molecule has 6 heteroatoms. The van der Waals surface area contributed by atoms with Gasteiger partial charge in [-0.3, -0.25) is 0 Å². The minimum absolute atomic E-state index is 0.0183. The summed E-state index contributed by atoms with van der Waals surface area (Å²) in [6.07, 6.45) is 0. The highest BCUT2D eigenvalue weighted by molar-refractivity contribution is 9.10. The van der Waals surface area contributed by atoms with Gasteiger partial charge in [0.05, 0.1) is 21.8 Å². The number of halogens is 4. The Kier molecular flexibility index (Phi) is 4.30. The van der Waals surface area contributed by atoms with Crippen LogP contribution in [0, 0.1) is 28.8 Å². The van der Waals surface area contributed by atoms with Gasteiger partial charge in [-0.2, -0.15) is 5.26 Å². The molecule has 0 bridgehead atoms. The summed E-state index contributed by atoms with van der Waals surface area (Å²) in [6, 6.07) is 7.77. The SMILES string of the molecule is N#Cc1ccc(CNc2cc(F)c(Br)cc2F)c(F)c1. The fourth-order valence-corrected chi connectivity index (χ4v) is 1.92. The third kappa shape index (κ3) is 3.11. The predicted octanol–water partition coefficient (Wildman–Crippen LogP) is 4.35. The van der Waals surface area contributed by atoms with Crippen LogP contribution in [0.15, 0.2) is 34.8 Å². The van der Waals surface area contributed by atoms with Crippen LogP contribution < -0.4 is 5.32 Å². The summed E-state index contributed by atoms with van der Waals surface area (Å²) in [7, 11) is 0. The Bertz CT molecular complexity index is 696. The number of benzene rings is 2. The maximum atomic E-state index is 13.6. The molecule has 2 rings (SSSR count). The number of nitrogens with one attached hydrogen (secondary N) is 1. The average molecular weight is 341 g/mol. The lowest BCUT2D eigenvalue weighted by Crippen LogP contribution is -2.04. The van der Waals surface area contributed by atoms with Crippen LogP contribution in [0.5, 0.6) is 0 Å². The van der Waals surface area contributed by atoms with Crippen molar-refractivity contribution in [1.82, 2.24) is 0 Å². The molecule has 2 aromatic carbocycles. The summed E-state index contributed by atoms with van der Waals surface area (Å²) in [5.41, 5.74) is 0.397. The zero-order chi connectivity index (χ0) is 14.7. The molecule has 102 valence electrons. The van der Waals surface area contributed by atoms with Gasteiger partial charge in [-0.15, -0.1) is 0 Å². The van der Waals surface area contributed by atoms with Gasteiger partial charge in [0, 0.05) is 18.2 Å². The molecule has 0 aliphatic carbocycles. The van der Waals surface area contributed by atoms with Gasteiger partial charge in [0.2, 0.25) is 0 Å². The van der Waals surface area contributed by atoms with Crippen LogP contribution >= 0.6 is 15.9 Å². The monoisotopic (exact) mass is 340 g/mol. The summed E-state index contributed by atoms with van der Waals surface area (Å²) < 4.78 is 40.5. The van der Waals surface area contributed by atoms with Crippen molar-refractivity contribution in [2.45, 2.75) is 6.54 Å². The molecule has 0 unspecified atom stereocenters. The molecule has 0 spiro atoms. The van der Waals surface area contributed by atoms with Crippen LogP contribution in [0.4, 0.5) is 18.9 Å². The predicted molar refractivity (Wildman–Crippen MR) is 72.5 cm³/mol. The fraction of sp³-hybridized carbons (Fsp3) is 0.0714. The van der Waals surface area contributed by atoms with E-state index in [1.54, 1.807) is 0 Å². The topological polar surface area (TPSA) is 35.8 Å². The summed E-state index contributed by atoms with van der Waals surface area (Å²) in [6.45, 7) is -0.0183. The molecule has 0 atom stereocenters. The van der Waals surface area contributed by atoms with Crippen molar-refractivity contribution in [2.75, 3.05) is 5.32 Å². The van der Waals surface area contributed by atoms with Gasteiger partial charge in [0.1, 0.15) is 17.5 Å². The first-order valence-corrected chi connectivity index (χ1v) is 6.37. The van der Waals surface area contributed by atoms with E-state index in [9.17, 15) is 13.2 Å². The van der Waals surface area contributed by atoms with Crippen LogP contribution in [0.25, 0.3) is 0 Å². The van der Waals surface area contributed by atoms with Crippen LogP contribution in [0.3, 0.4) is 0 Å². The molecule has 0 saturated carbocycles. The minimum atomic E-state index is -0.646. The highest BCUT2D eigenvalue weighted by Gasteiger charge is 2.09. The second-order valence-electron chi connectivity index (χ2n) is 4.02.